The van der Waals surface area contributed by atoms with Crippen molar-refractivity contribution in [2.45, 2.75) is 58.8 Å². The molecule has 2 aliphatic rings. The van der Waals surface area contributed by atoms with Crippen LogP contribution in [0.2, 0.25) is 0 Å². The summed E-state index contributed by atoms with van der Waals surface area (Å²) in [6.07, 6.45) is 2.43. The van der Waals surface area contributed by atoms with Crippen LogP contribution in [-0.2, 0) is 28.9 Å². The Kier molecular flexibility index (Phi) is 5.81. The summed E-state index contributed by atoms with van der Waals surface area (Å²) in [5, 5.41) is 0. The second-order valence-corrected chi connectivity index (χ2v) is 8.23. The molecule has 0 saturated carbocycles. The number of carbonyl (C=O) groups excluding carboxylic acids is 1. The highest BCUT2D eigenvalue weighted by Crippen LogP contribution is 2.29. The summed E-state index contributed by atoms with van der Waals surface area (Å²) in [7, 11) is 0. The minimum Gasteiger partial charge on any atom is -0.372 e. The lowest BCUT2D eigenvalue weighted by Crippen LogP contribution is -2.47. The molecule has 6 nitrogen and oxygen atoms in total. The molecule has 2 atom stereocenters. The minimum atomic E-state index is 0.164. The molecule has 3 heterocycles. The molecule has 0 spiro atoms. The molecule has 0 radical (unpaired) electrons. The van der Waals surface area contributed by atoms with Crippen LogP contribution in [-0.4, -0.2) is 52.6 Å². The van der Waals surface area contributed by atoms with Crippen LogP contribution < -0.4 is 4.90 Å². The van der Waals surface area contributed by atoms with Crippen molar-refractivity contribution in [3.05, 3.63) is 53.0 Å². The van der Waals surface area contributed by atoms with Gasteiger partial charge in [-0.25, -0.2) is 9.97 Å². The van der Waals surface area contributed by atoms with Gasteiger partial charge < -0.3 is 14.5 Å². The lowest BCUT2D eigenvalue weighted by atomic mass is 10.0. The van der Waals surface area contributed by atoms with Crippen LogP contribution in [0.15, 0.2) is 30.3 Å². The minimum absolute atomic E-state index is 0.164. The van der Waals surface area contributed by atoms with Crippen molar-refractivity contribution < 1.29 is 9.53 Å². The van der Waals surface area contributed by atoms with Crippen LogP contribution in [0, 0.1) is 6.92 Å². The number of ether oxygens (including phenoxy) is 1. The van der Waals surface area contributed by atoms with E-state index in [4.69, 9.17) is 9.72 Å². The fraction of sp³-hybridized carbons (Fsp3) is 0.522. The Morgan fingerprint density at radius 3 is 2.59 bits per heavy atom. The van der Waals surface area contributed by atoms with Crippen molar-refractivity contribution in [1.29, 1.82) is 0 Å². The summed E-state index contributed by atoms with van der Waals surface area (Å²) in [5.74, 6) is 1.99. The molecule has 154 valence electrons. The van der Waals surface area contributed by atoms with Crippen molar-refractivity contribution in [3.8, 4) is 0 Å². The van der Waals surface area contributed by atoms with Crippen LogP contribution in [0.4, 0.5) is 5.82 Å². The number of aromatic nitrogens is 2. The Balaban J connectivity index is 1.51. The van der Waals surface area contributed by atoms with Crippen molar-refractivity contribution in [3.63, 3.8) is 0 Å². The van der Waals surface area contributed by atoms with Gasteiger partial charge in [0.1, 0.15) is 11.6 Å². The van der Waals surface area contributed by atoms with Gasteiger partial charge >= 0.3 is 0 Å². The maximum absolute atomic E-state index is 12.9. The first kappa shape index (κ1) is 19.8. The second kappa shape index (κ2) is 8.49. The van der Waals surface area contributed by atoms with Crippen LogP contribution in [0.25, 0.3) is 0 Å². The fourth-order valence-corrected chi connectivity index (χ4v) is 4.40. The molecule has 0 N–H and O–H groups in total. The average Bonchev–Trinajstić information content (AvgIpc) is 2.71. The summed E-state index contributed by atoms with van der Waals surface area (Å²) < 4.78 is 5.90. The fourth-order valence-electron chi connectivity index (χ4n) is 4.40. The molecule has 1 aromatic heterocycles. The van der Waals surface area contributed by atoms with E-state index in [0.717, 1.165) is 55.4 Å². The zero-order valence-corrected chi connectivity index (χ0v) is 17.6. The van der Waals surface area contributed by atoms with E-state index >= 15 is 0 Å². The van der Waals surface area contributed by atoms with E-state index < -0.39 is 0 Å². The van der Waals surface area contributed by atoms with E-state index in [-0.39, 0.29) is 18.1 Å². The quantitative estimate of drug-likeness (QED) is 0.798. The molecule has 1 amide bonds. The van der Waals surface area contributed by atoms with Gasteiger partial charge in [0.25, 0.3) is 0 Å². The molecule has 2 aliphatic heterocycles. The summed E-state index contributed by atoms with van der Waals surface area (Å²) in [4.78, 5) is 26.6. The average molecular weight is 395 g/mol. The summed E-state index contributed by atoms with van der Waals surface area (Å²) in [6, 6.07) is 10.2. The molecule has 0 aliphatic carbocycles. The Bertz CT molecular complexity index is 861. The maximum Gasteiger partial charge on any atom is 0.223 e. The van der Waals surface area contributed by atoms with E-state index in [1.807, 2.05) is 30.0 Å². The van der Waals surface area contributed by atoms with Crippen molar-refractivity contribution >= 4 is 11.7 Å². The van der Waals surface area contributed by atoms with Crippen LogP contribution in [0.3, 0.4) is 0 Å². The topological polar surface area (TPSA) is 58.6 Å². The molecule has 1 aromatic carbocycles. The Morgan fingerprint density at radius 1 is 1.14 bits per heavy atom. The Labute approximate surface area is 172 Å². The Hall–Kier alpha value is -2.47. The number of fused-ring (bicyclic) bond motifs is 1. The first-order valence-corrected chi connectivity index (χ1v) is 10.6. The lowest BCUT2D eigenvalue weighted by Gasteiger charge is -2.38. The number of anilines is 1. The first-order chi connectivity index (χ1) is 14.0. The standard InChI is InChI=1S/C23H30N4O2/c1-16-13-27(14-17(2)29-16)23-20-15-26(12-11-21(20)24-18(3)25-23)22(28)10-9-19-7-5-4-6-8-19/h4-8,16-17H,9-15H2,1-3H3/t16-,17-/m0/s1. The number of nitrogens with zero attached hydrogens (tertiary/aromatic N) is 4. The zero-order chi connectivity index (χ0) is 20.4. The first-order valence-electron chi connectivity index (χ1n) is 10.6. The molecule has 0 bridgehead atoms. The maximum atomic E-state index is 12.9. The van der Waals surface area contributed by atoms with Gasteiger partial charge in [-0.05, 0) is 32.8 Å². The number of hydrogen-bond donors (Lipinski definition) is 0. The van der Waals surface area contributed by atoms with Gasteiger partial charge in [-0.15, -0.1) is 0 Å². The molecule has 2 aromatic rings. The monoisotopic (exact) mass is 394 g/mol. The van der Waals surface area contributed by atoms with Gasteiger partial charge in [-0.3, -0.25) is 4.79 Å². The van der Waals surface area contributed by atoms with E-state index in [9.17, 15) is 4.79 Å². The van der Waals surface area contributed by atoms with E-state index in [2.05, 4.69) is 35.9 Å². The van der Waals surface area contributed by atoms with E-state index in [1.54, 1.807) is 0 Å². The van der Waals surface area contributed by atoms with Crippen molar-refractivity contribution in [1.82, 2.24) is 14.9 Å². The Morgan fingerprint density at radius 2 is 1.86 bits per heavy atom. The number of carbonyl (C=O) groups is 1. The molecular weight excluding hydrogens is 364 g/mol. The molecular formula is C23H30N4O2. The third-order valence-electron chi connectivity index (χ3n) is 5.69. The van der Waals surface area contributed by atoms with Gasteiger partial charge in [0.15, 0.2) is 0 Å². The van der Waals surface area contributed by atoms with Crippen LogP contribution in [0.5, 0.6) is 0 Å². The highest BCUT2D eigenvalue weighted by Gasteiger charge is 2.30. The molecule has 1 fully saturated rings. The highest BCUT2D eigenvalue weighted by atomic mass is 16.5. The number of aryl methyl sites for hydroxylation is 2. The van der Waals surface area contributed by atoms with Crippen LogP contribution >= 0.6 is 0 Å². The zero-order valence-electron chi connectivity index (χ0n) is 17.6. The number of benzene rings is 1. The van der Waals surface area contributed by atoms with E-state index in [0.29, 0.717) is 13.0 Å². The van der Waals surface area contributed by atoms with Crippen molar-refractivity contribution in [2.75, 3.05) is 24.5 Å². The molecule has 1 saturated heterocycles. The number of morpholine rings is 1. The summed E-state index contributed by atoms with van der Waals surface area (Å²) in [6.45, 7) is 9.11. The smallest absolute Gasteiger partial charge is 0.223 e. The predicted molar refractivity (Wildman–Crippen MR) is 113 cm³/mol. The largest absolute Gasteiger partial charge is 0.372 e. The van der Waals surface area contributed by atoms with E-state index in [1.165, 1.54) is 5.56 Å². The van der Waals surface area contributed by atoms with Gasteiger partial charge in [-0.1, -0.05) is 30.3 Å². The highest BCUT2D eigenvalue weighted by molar-refractivity contribution is 5.77. The van der Waals surface area contributed by atoms with Gasteiger partial charge in [0, 0.05) is 38.0 Å². The second-order valence-electron chi connectivity index (χ2n) is 8.23. The third kappa shape index (κ3) is 4.58. The molecule has 29 heavy (non-hydrogen) atoms. The van der Waals surface area contributed by atoms with Crippen molar-refractivity contribution in [2.24, 2.45) is 0 Å². The molecule has 0 unspecified atom stereocenters. The van der Waals surface area contributed by atoms with Crippen LogP contribution in [0.1, 0.15) is 42.9 Å². The predicted octanol–water partition coefficient (Wildman–Crippen LogP) is 2.92. The number of rotatable bonds is 4. The van der Waals surface area contributed by atoms with Gasteiger partial charge in [0.05, 0.1) is 24.4 Å². The SMILES string of the molecule is Cc1nc2c(c(N3C[C@H](C)O[C@@H](C)C3)n1)CN(C(=O)CCc1ccccc1)CC2. The lowest BCUT2D eigenvalue weighted by molar-refractivity contribution is -0.132. The molecule has 6 heteroatoms. The number of amides is 1. The third-order valence-corrected chi connectivity index (χ3v) is 5.69. The van der Waals surface area contributed by atoms with Gasteiger partial charge in [-0.2, -0.15) is 0 Å². The normalized spacial score (nSPS) is 21.8. The number of hydrogen-bond acceptors (Lipinski definition) is 5. The van der Waals surface area contributed by atoms with Gasteiger partial charge in [0.2, 0.25) is 5.91 Å². The summed E-state index contributed by atoms with van der Waals surface area (Å²) in [5.41, 5.74) is 3.40. The molecule has 4 rings (SSSR count). The summed E-state index contributed by atoms with van der Waals surface area (Å²) >= 11 is 0.